The number of nitro benzene ring substituents is 2. The minimum Gasteiger partial charge on any atom is -0.258 e. The molecule has 22 heavy (non-hydrogen) atoms. The van der Waals surface area contributed by atoms with E-state index in [0.717, 1.165) is 33.7 Å². The van der Waals surface area contributed by atoms with Crippen molar-refractivity contribution >= 4 is 44.6 Å². The molecule has 114 valence electrons. The van der Waals surface area contributed by atoms with Gasteiger partial charge in [-0.3, -0.25) is 20.2 Å². The van der Waals surface area contributed by atoms with Crippen LogP contribution in [0.4, 0.5) is 15.8 Å². The Labute approximate surface area is 136 Å². The van der Waals surface area contributed by atoms with E-state index in [0.29, 0.717) is 9.79 Å². The third kappa shape index (κ3) is 3.87. The lowest BCUT2D eigenvalue weighted by molar-refractivity contribution is -0.387. The molecule has 0 aromatic heterocycles. The summed E-state index contributed by atoms with van der Waals surface area (Å²) in [5.41, 5.74) is -0.843. The third-order valence-corrected chi connectivity index (χ3v) is 5.16. The summed E-state index contributed by atoms with van der Waals surface area (Å²) in [6, 6.07) is 7.80. The van der Waals surface area contributed by atoms with Gasteiger partial charge in [0.05, 0.1) is 9.85 Å². The Morgan fingerprint density at radius 2 is 1.41 bits per heavy atom. The zero-order chi connectivity index (χ0) is 16.3. The SMILES string of the molecule is O=[N+]([O-])c1cc(SSc2ccc(Cl)c([N+](=O)[O-])c2)ccc1F. The molecule has 0 radical (unpaired) electrons. The molecule has 0 aliphatic carbocycles. The molecule has 0 atom stereocenters. The largest absolute Gasteiger partial charge is 0.305 e. The molecule has 0 unspecified atom stereocenters. The first kappa shape index (κ1) is 16.5. The highest BCUT2D eigenvalue weighted by Gasteiger charge is 2.16. The van der Waals surface area contributed by atoms with Gasteiger partial charge in [0.25, 0.3) is 5.69 Å². The Kier molecular flexibility index (Phi) is 5.22. The van der Waals surface area contributed by atoms with Crippen molar-refractivity contribution in [3.63, 3.8) is 0 Å². The second-order valence-corrected chi connectivity index (χ2v) is 6.59. The summed E-state index contributed by atoms with van der Waals surface area (Å²) < 4.78 is 13.2. The number of halogens is 2. The Balaban J connectivity index is 2.17. The first-order valence-electron chi connectivity index (χ1n) is 5.61. The minimum atomic E-state index is -0.915. The molecular formula is C12H6ClFN2O4S2. The monoisotopic (exact) mass is 360 g/mol. The minimum absolute atomic E-state index is 0.0248. The second kappa shape index (κ2) is 6.95. The molecule has 6 nitrogen and oxygen atoms in total. The van der Waals surface area contributed by atoms with Gasteiger partial charge in [-0.05, 0) is 24.3 Å². The summed E-state index contributed by atoms with van der Waals surface area (Å²) in [7, 11) is 2.27. The molecule has 2 aromatic rings. The highest BCUT2D eigenvalue weighted by Crippen LogP contribution is 2.41. The number of nitrogens with zero attached hydrogens (tertiary/aromatic N) is 2. The Morgan fingerprint density at radius 1 is 0.909 bits per heavy atom. The second-order valence-electron chi connectivity index (χ2n) is 3.91. The fourth-order valence-corrected chi connectivity index (χ4v) is 3.61. The third-order valence-electron chi connectivity index (χ3n) is 2.46. The average Bonchev–Trinajstić information content (AvgIpc) is 2.47. The van der Waals surface area contributed by atoms with E-state index in [1.165, 1.54) is 18.2 Å². The van der Waals surface area contributed by atoms with Crippen molar-refractivity contribution in [1.29, 1.82) is 0 Å². The van der Waals surface area contributed by atoms with E-state index < -0.39 is 21.4 Å². The van der Waals surface area contributed by atoms with Gasteiger partial charge in [0, 0.05) is 21.9 Å². The van der Waals surface area contributed by atoms with E-state index in [2.05, 4.69) is 0 Å². The van der Waals surface area contributed by atoms with Crippen LogP contribution >= 0.6 is 33.2 Å². The lowest BCUT2D eigenvalue weighted by Crippen LogP contribution is -1.92. The Hall–Kier alpha value is -1.84. The highest BCUT2D eigenvalue weighted by atomic mass is 35.5. The summed E-state index contributed by atoms with van der Waals surface area (Å²) in [5, 5.41) is 21.5. The molecule has 2 aromatic carbocycles. The fraction of sp³-hybridized carbons (Fsp3) is 0. The van der Waals surface area contributed by atoms with Crippen LogP contribution in [0, 0.1) is 26.0 Å². The lowest BCUT2D eigenvalue weighted by atomic mass is 10.3. The predicted molar refractivity (Wildman–Crippen MR) is 82.9 cm³/mol. The standard InChI is InChI=1S/C12H6ClFN2O4S2/c13-9-3-1-7(5-11(9)15(17)18)21-22-8-2-4-10(14)12(6-8)16(19)20/h1-6H. The van der Waals surface area contributed by atoms with Crippen LogP contribution < -0.4 is 0 Å². The van der Waals surface area contributed by atoms with Crippen molar-refractivity contribution in [2.45, 2.75) is 9.79 Å². The summed E-state index contributed by atoms with van der Waals surface area (Å²) >= 11 is 5.71. The first-order chi connectivity index (χ1) is 10.4. The van der Waals surface area contributed by atoms with Gasteiger partial charge in [-0.25, -0.2) is 0 Å². The van der Waals surface area contributed by atoms with Gasteiger partial charge < -0.3 is 0 Å². The topological polar surface area (TPSA) is 86.3 Å². The molecule has 0 saturated carbocycles. The maximum atomic E-state index is 13.2. The van der Waals surface area contributed by atoms with Crippen molar-refractivity contribution in [2.75, 3.05) is 0 Å². The zero-order valence-corrected chi connectivity index (χ0v) is 13.0. The molecule has 0 aliphatic rings. The van der Waals surface area contributed by atoms with Crippen molar-refractivity contribution < 1.29 is 14.2 Å². The maximum absolute atomic E-state index is 13.2. The van der Waals surface area contributed by atoms with Crippen LogP contribution in [-0.4, -0.2) is 9.85 Å². The van der Waals surface area contributed by atoms with Crippen LogP contribution in [0.15, 0.2) is 46.2 Å². The van der Waals surface area contributed by atoms with Gasteiger partial charge >= 0.3 is 5.69 Å². The number of nitro groups is 2. The van der Waals surface area contributed by atoms with Gasteiger partial charge in [-0.15, -0.1) is 0 Å². The fourth-order valence-electron chi connectivity index (χ4n) is 1.46. The number of rotatable bonds is 5. The van der Waals surface area contributed by atoms with Crippen LogP contribution in [0.5, 0.6) is 0 Å². The van der Waals surface area contributed by atoms with Gasteiger partial charge in [-0.2, -0.15) is 4.39 Å². The van der Waals surface area contributed by atoms with Crippen molar-refractivity contribution in [1.82, 2.24) is 0 Å². The number of benzene rings is 2. The van der Waals surface area contributed by atoms with Crippen molar-refractivity contribution in [2.24, 2.45) is 0 Å². The zero-order valence-electron chi connectivity index (χ0n) is 10.6. The molecule has 0 amide bonds. The smallest absolute Gasteiger partial charge is 0.258 e. The van der Waals surface area contributed by atoms with Crippen LogP contribution in [0.1, 0.15) is 0 Å². The van der Waals surface area contributed by atoms with Gasteiger partial charge in [0.1, 0.15) is 5.02 Å². The van der Waals surface area contributed by atoms with Crippen LogP contribution in [0.25, 0.3) is 0 Å². The van der Waals surface area contributed by atoms with E-state index in [1.54, 1.807) is 6.07 Å². The van der Waals surface area contributed by atoms with Crippen molar-refractivity contribution in [3.8, 4) is 0 Å². The summed E-state index contributed by atoms with van der Waals surface area (Å²) in [5.74, 6) is -0.915. The lowest BCUT2D eigenvalue weighted by Gasteiger charge is -2.03. The summed E-state index contributed by atoms with van der Waals surface area (Å²) in [4.78, 5) is 21.1. The van der Waals surface area contributed by atoms with E-state index in [-0.39, 0.29) is 10.7 Å². The van der Waals surface area contributed by atoms with Crippen LogP contribution in [-0.2, 0) is 0 Å². The van der Waals surface area contributed by atoms with Gasteiger partial charge in [0.15, 0.2) is 0 Å². The molecule has 0 N–H and O–H groups in total. The predicted octanol–water partition coefficient (Wildman–Crippen LogP) is 5.09. The molecule has 0 saturated heterocycles. The quantitative estimate of drug-likeness (QED) is 0.419. The highest BCUT2D eigenvalue weighted by molar-refractivity contribution is 8.76. The van der Waals surface area contributed by atoms with E-state index in [1.807, 2.05) is 0 Å². The van der Waals surface area contributed by atoms with E-state index in [9.17, 15) is 24.6 Å². The molecule has 0 bridgehead atoms. The molecular weight excluding hydrogens is 355 g/mol. The van der Waals surface area contributed by atoms with Crippen LogP contribution in [0.3, 0.4) is 0 Å². The van der Waals surface area contributed by atoms with Crippen molar-refractivity contribution in [3.05, 3.63) is 67.5 Å². The molecule has 0 heterocycles. The molecule has 0 fully saturated rings. The molecule has 2 rings (SSSR count). The Morgan fingerprint density at radius 3 is 1.95 bits per heavy atom. The normalized spacial score (nSPS) is 10.5. The average molecular weight is 361 g/mol. The number of hydrogen-bond donors (Lipinski definition) is 0. The van der Waals surface area contributed by atoms with E-state index >= 15 is 0 Å². The molecule has 0 aliphatic heterocycles. The van der Waals surface area contributed by atoms with E-state index in [4.69, 9.17) is 11.6 Å². The first-order valence-corrected chi connectivity index (χ1v) is 8.13. The van der Waals surface area contributed by atoms with Crippen LogP contribution in [0.2, 0.25) is 5.02 Å². The summed E-state index contributed by atoms with van der Waals surface area (Å²) in [6.07, 6.45) is 0. The molecule has 10 heteroatoms. The molecule has 0 spiro atoms. The van der Waals surface area contributed by atoms with Gasteiger partial charge in [0.2, 0.25) is 5.82 Å². The maximum Gasteiger partial charge on any atom is 0.305 e. The Bertz CT molecular complexity index is 696. The van der Waals surface area contributed by atoms with Gasteiger partial charge in [-0.1, -0.05) is 33.2 Å². The summed E-state index contributed by atoms with van der Waals surface area (Å²) in [6.45, 7) is 0. The number of hydrogen-bond acceptors (Lipinski definition) is 6.